The summed E-state index contributed by atoms with van der Waals surface area (Å²) in [5, 5.41) is 2.95. The van der Waals surface area contributed by atoms with Gasteiger partial charge in [-0.25, -0.2) is 0 Å². The van der Waals surface area contributed by atoms with Crippen molar-refractivity contribution in [3.05, 3.63) is 81.9 Å². The average Bonchev–Trinajstić information content (AvgIpc) is 2.62. The molecule has 0 saturated heterocycles. The SMILES string of the molecule is CC(C)c1ccc2c3ccc(c2c1)CCc1ccc(c(C(C)C)c1)CC3. The van der Waals surface area contributed by atoms with E-state index >= 15 is 0 Å². The maximum atomic E-state index is 2.47. The fraction of sp³-hybridized carbons (Fsp3) is 0.385. The molecule has 0 aromatic heterocycles. The van der Waals surface area contributed by atoms with Crippen molar-refractivity contribution in [3.63, 3.8) is 0 Å². The Hall–Kier alpha value is -2.08. The minimum atomic E-state index is 0.579. The lowest BCUT2D eigenvalue weighted by molar-refractivity contribution is 0.820. The van der Waals surface area contributed by atoms with E-state index in [0.29, 0.717) is 11.8 Å². The molecule has 3 aromatic carbocycles. The zero-order chi connectivity index (χ0) is 18.3. The molecule has 4 bridgehead atoms. The number of benzene rings is 3. The van der Waals surface area contributed by atoms with Crippen molar-refractivity contribution < 1.29 is 0 Å². The highest BCUT2D eigenvalue weighted by Crippen LogP contribution is 2.31. The summed E-state index contributed by atoms with van der Waals surface area (Å²) >= 11 is 0. The summed E-state index contributed by atoms with van der Waals surface area (Å²) in [6.45, 7) is 9.23. The maximum Gasteiger partial charge on any atom is -0.0146 e. The van der Waals surface area contributed by atoms with E-state index in [2.05, 4.69) is 76.2 Å². The first-order valence-electron chi connectivity index (χ1n) is 10.2. The van der Waals surface area contributed by atoms with Gasteiger partial charge < -0.3 is 0 Å². The van der Waals surface area contributed by atoms with Crippen LogP contribution in [0, 0.1) is 0 Å². The van der Waals surface area contributed by atoms with Gasteiger partial charge in [0.15, 0.2) is 0 Å². The lowest BCUT2D eigenvalue weighted by Gasteiger charge is -2.19. The summed E-state index contributed by atoms with van der Waals surface area (Å²) in [5.41, 5.74) is 9.01. The molecule has 0 heterocycles. The van der Waals surface area contributed by atoms with Crippen molar-refractivity contribution in [1.29, 1.82) is 0 Å². The van der Waals surface area contributed by atoms with Crippen LogP contribution < -0.4 is 0 Å². The van der Waals surface area contributed by atoms with Gasteiger partial charge in [0.25, 0.3) is 0 Å². The Labute approximate surface area is 158 Å². The van der Waals surface area contributed by atoms with Gasteiger partial charge in [-0.3, -0.25) is 0 Å². The standard InChI is InChI=1S/C26H30/c1-17(2)23-13-14-24-20-9-11-21-7-5-19(15-25(21)18(3)4)6-8-22(12-10-20)26(24)16-23/h5,7,10,12-18H,6,8-9,11H2,1-4H3. The van der Waals surface area contributed by atoms with Crippen molar-refractivity contribution in [3.8, 4) is 0 Å². The summed E-state index contributed by atoms with van der Waals surface area (Å²) in [7, 11) is 0. The van der Waals surface area contributed by atoms with Crippen LogP contribution in [0.4, 0.5) is 0 Å². The normalized spacial score (nSPS) is 14.2. The minimum Gasteiger partial charge on any atom is -0.0587 e. The van der Waals surface area contributed by atoms with Crippen molar-refractivity contribution in [1.82, 2.24) is 0 Å². The zero-order valence-electron chi connectivity index (χ0n) is 16.6. The van der Waals surface area contributed by atoms with E-state index in [0.717, 1.165) is 25.7 Å². The molecular weight excluding hydrogens is 312 g/mol. The third-order valence-electron chi connectivity index (χ3n) is 6.07. The summed E-state index contributed by atoms with van der Waals surface area (Å²) in [6, 6.07) is 19.1. The van der Waals surface area contributed by atoms with Crippen LogP contribution in [0.2, 0.25) is 0 Å². The van der Waals surface area contributed by atoms with E-state index in [9.17, 15) is 0 Å². The van der Waals surface area contributed by atoms with E-state index < -0.39 is 0 Å². The predicted octanol–water partition coefficient (Wildman–Crippen LogP) is 6.97. The van der Waals surface area contributed by atoms with Gasteiger partial charge in [-0.2, -0.15) is 0 Å². The lowest BCUT2D eigenvalue weighted by Crippen LogP contribution is -2.04. The van der Waals surface area contributed by atoms with Crippen LogP contribution >= 0.6 is 0 Å². The van der Waals surface area contributed by atoms with Gasteiger partial charge in [-0.05, 0) is 81.7 Å². The van der Waals surface area contributed by atoms with Gasteiger partial charge in [-0.15, -0.1) is 0 Å². The van der Waals surface area contributed by atoms with Crippen LogP contribution in [0.3, 0.4) is 0 Å². The van der Waals surface area contributed by atoms with Gasteiger partial charge >= 0.3 is 0 Å². The average molecular weight is 343 g/mol. The monoisotopic (exact) mass is 342 g/mol. The van der Waals surface area contributed by atoms with Crippen molar-refractivity contribution in [2.24, 2.45) is 0 Å². The Morgan fingerprint density at radius 1 is 0.577 bits per heavy atom. The number of rotatable bonds is 2. The Kier molecular flexibility index (Phi) is 4.61. The number of hydrogen-bond donors (Lipinski definition) is 0. The zero-order valence-corrected chi connectivity index (χ0v) is 16.6. The molecule has 7 rings (SSSR count). The molecule has 134 valence electrons. The molecule has 0 atom stereocenters. The first-order chi connectivity index (χ1) is 12.5. The topological polar surface area (TPSA) is 0 Å². The molecular formula is C26H30. The second kappa shape index (κ2) is 6.91. The summed E-state index contributed by atoms with van der Waals surface area (Å²) in [4.78, 5) is 0. The Morgan fingerprint density at radius 2 is 1.23 bits per heavy atom. The van der Waals surface area contributed by atoms with Crippen molar-refractivity contribution in [2.75, 3.05) is 0 Å². The molecule has 0 amide bonds. The lowest BCUT2D eigenvalue weighted by atomic mass is 9.86. The molecule has 4 aliphatic carbocycles. The molecule has 0 N–H and O–H groups in total. The van der Waals surface area contributed by atoms with E-state index in [1.54, 1.807) is 5.56 Å². The van der Waals surface area contributed by atoms with E-state index in [1.165, 1.54) is 38.6 Å². The van der Waals surface area contributed by atoms with Crippen LogP contribution in [0.15, 0.2) is 48.5 Å². The second-order valence-electron chi connectivity index (χ2n) is 8.53. The van der Waals surface area contributed by atoms with Gasteiger partial charge in [0.05, 0.1) is 0 Å². The Bertz CT molecular complexity index is 944. The molecule has 0 unspecified atom stereocenters. The molecule has 3 aromatic rings. The fourth-order valence-corrected chi connectivity index (χ4v) is 4.40. The van der Waals surface area contributed by atoms with Gasteiger partial charge in [-0.1, -0.05) is 76.2 Å². The summed E-state index contributed by atoms with van der Waals surface area (Å²) < 4.78 is 0. The van der Waals surface area contributed by atoms with Gasteiger partial charge in [0.1, 0.15) is 0 Å². The highest BCUT2D eigenvalue weighted by Gasteiger charge is 2.14. The van der Waals surface area contributed by atoms with Gasteiger partial charge in [0, 0.05) is 0 Å². The van der Waals surface area contributed by atoms with Crippen molar-refractivity contribution >= 4 is 10.8 Å². The predicted molar refractivity (Wildman–Crippen MR) is 113 cm³/mol. The van der Waals surface area contributed by atoms with Crippen molar-refractivity contribution in [2.45, 2.75) is 65.2 Å². The smallest absolute Gasteiger partial charge is 0.0146 e. The second-order valence-corrected chi connectivity index (χ2v) is 8.53. The first-order valence-corrected chi connectivity index (χ1v) is 10.2. The van der Waals surface area contributed by atoms with E-state index in [4.69, 9.17) is 0 Å². The largest absolute Gasteiger partial charge is 0.0587 e. The van der Waals surface area contributed by atoms with E-state index in [-0.39, 0.29) is 0 Å². The number of hydrogen-bond acceptors (Lipinski definition) is 0. The summed E-state index contributed by atoms with van der Waals surface area (Å²) in [5.74, 6) is 1.18. The molecule has 0 heteroatoms. The first kappa shape index (κ1) is 17.3. The third kappa shape index (κ3) is 3.18. The molecule has 0 saturated carbocycles. The molecule has 0 nitrogen and oxygen atoms in total. The molecule has 0 spiro atoms. The molecule has 26 heavy (non-hydrogen) atoms. The molecule has 4 aliphatic rings. The van der Waals surface area contributed by atoms with Crippen LogP contribution in [-0.4, -0.2) is 0 Å². The quantitative estimate of drug-likeness (QED) is 0.471. The molecule has 0 radical (unpaired) electrons. The number of aryl methyl sites for hydroxylation is 4. The van der Waals surface area contributed by atoms with E-state index in [1.807, 2.05) is 0 Å². The van der Waals surface area contributed by atoms with Crippen LogP contribution in [0.1, 0.15) is 72.9 Å². The van der Waals surface area contributed by atoms with Crippen LogP contribution in [0.5, 0.6) is 0 Å². The minimum absolute atomic E-state index is 0.579. The van der Waals surface area contributed by atoms with Gasteiger partial charge in [0.2, 0.25) is 0 Å². The Morgan fingerprint density at radius 3 is 1.96 bits per heavy atom. The van der Waals surface area contributed by atoms with Crippen LogP contribution in [0.25, 0.3) is 10.8 Å². The van der Waals surface area contributed by atoms with Crippen LogP contribution in [-0.2, 0) is 25.7 Å². The molecule has 0 aliphatic heterocycles. The highest BCUT2D eigenvalue weighted by molar-refractivity contribution is 5.89. The third-order valence-corrected chi connectivity index (χ3v) is 6.07. The highest BCUT2D eigenvalue weighted by atomic mass is 14.2. The summed E-state index contributed by atoms with van der Waals surface area (Å²) in [6.07, 6.45) is 4.50. The molecule has 0 fully saturated rings. The maximum absolute atomic E-state index is 2.47. The fourth-order valence-electron chi connectivity index (χ4n) is 4.40. The Balaban J connectivity index is 1.85.